The Balaban J connectivity index is 1.59. The van der Waals surface area contributed by atoms with Gasteiger partial charge in [-0.25, -0.2) is 5.43 Å². The third-order valence-electron chi connectivity index (χ3n) is 4.60. The average Bonchev–Trinajstić information content (AvgIpc) is 2.87. The smallest absolute Gasteiger partial charge is 0.318 e. The van der Waals surface area contributed by atoms with Crippen molar-refractivity contribution in [3.8, 4) is 17.2 Å². The van der Waals surface area contributed by atoms with Gasteiger partial charge in [0.1, 0.15) is 11.5 Å². The van der Waals surface area contributed by atoms with E-state index in [1.807, 2.05) is 0 Å². The van der Waals surface area contributed by atoms with E-state index < -0.39 is 33.0 Å². The van der Waals surface area contributed by atoms with Crippen molar-refractivity contribution in [2.24, 2.45) is 5.10 Å². The summed E-state index contributed by atoms with van der Waals surface area (Å²) in [5, 5.41) is 28.4. The molecule has 184 valence electrons. The monoisotopic (exact) mass is 493 g/mol. The van der Waals surface area contributed by atoms with Crippen LogP contribution < -0.4 is 20.2 Å². The third-order valence-corrected chi connectivity index (χ3v) is 4.60. The summed E-state index contributed by atoms with van der Waals surface area (Å²) in [6, 6.07) is 15.8. The van der Waals surface area contributed by atoms with Gasteiger partial charge in [0.2, 0.25) is 5.75 Å². The average molecular weight is 493 g/mol. The molecular formula is C23H19N5O8. The Morgan fingerprint density at radius 1 is 0.972 bits per heavy atom. The van der Waals surface area contributed by atoms with Crippen molar-refractivity contribution in [1.82, 2.24) is 10.7 Å². The number of nitro groups is 2. The predicted octanol–water partition coefficient (Wildman–Crippen LogP) is 3.18. The first-order valence-corrected chi connectivity index (χ1v) is 10.2. The van der Waals surface area contributed by atoms with Gasteiger partial charge in [0.05, 0.1) is 41.3 Å². The van der Waals surface area contributed by atoms with Crippen LogP contribution in [-0.2, 0) is 4.79 Å². The molecule has 0 aliphatic heterocycles. The van der Waals surface area contributed by atoms with E-state index in [4.69, 9.17) is 9.47 Å². The van der Waals surface area contributed by atoms with E-state index >= 15 is 0 Å². The number of hydrazone groups is 1. The number of non-ortho nitro benzene ring substituents is 1. The third kappa shape index (κ3) is 6.60. The zero-order valence-corrected chi connectivity index (χ0v) is 18.7. The van der Waals surface area contributed by atoms with Crippen molar-refractivity contribution in [3.05, 3.63) is 98.1 Å². The van der Waals surface area contributed by atoms with E-state index in [0.29, 0.717) is 11.3 Å². The zero-order chi connectivity index (χ0) is 26.1. The predicted molar refractivity (Wildman–Crippen MR) is 127 cm³/mol. The molecule has 0 unspecified atom stereocenters. The van der Waals surface area contributed by atoms with Gasteiger partial charge in [-0.1, -0.05) is 24.3 Å². The Kier molecular flexibility index (Phi) is 8.22. The molecular weight excluding hydrogens is 474 g/mol. The molecule has 0 aliphatic carbocycles. The van der Waals surface area contributed by atoms with Crippen molar-refractivity contribution in [3.63, 3.8) is 0 Å². The van der Waals surface area contributed by atoms with Crippen molar-refractivity contribution in [2.45, 2.75) is 0 Å². The van der Waals surface area contributed by atoms with Crippen LogP contribution in [0.3, 0.4) is 0 Å². The summed E-state index contributed by atoms with van der Waals surface area (Å²) in [6.07, 6.45) is 1.30. The van der Waals surface area contributed by atoms with Crippen molar-refractivity contribution in [2.75, 3.05) is 13.7 Å². The molecule has 0 atom stereocenters. The van der Waals surface area contributed by atoms with Crippen LogP contribution in [0.5, 0.6) is 17.2 Å². The van der Waals surface area contributed by atoms with Crippen LogP contribution in [-0.4, -0.2) is 41.5 Å². The van der Waals surface area contributed by atoms with Crippen molar-refractivity contribution < 1.29 is 28.9 Å². The summed E-state index contributed by atoms with van der Waals surface area (Å²) in [5.41, 5.74) is 2.02. The van der Waals surface area contributed by atoms with Gasteiger partial charge in [0, 0.05) is 6.07 Å². The second kappa shape index (κ2) is 11.7. The number of rotatable bonds is 10. The molecule has 3 aromatic rings. The van der Waals surface area contributed by atoms with E-state index in [1.54, 1.807) is 36.4 Å². The molecule has 0 bridgehead atoms. The van der Waals surface area contributed by atoms with Crippen LogP contribution in [0.15, 0.2) is 71.8 Å². The van der Waals surface area contributed by atoms with E-state index in [-0.39, 0.29) is 23.6 Å². The summed E-state index contributed by atoms with van der Waals surface area (Å²) in [5.74, 6) is -0.681. The highest BCUT2D eigenvalue weighted by Gasteiger charge is 2.21. The van der Waals surface area contributed by atoms with E-state index in [9.17, 15) is 29.8 Å². The molecule has 2 amide bonds. The summed E-state index contributed by atoms with van der Waals surface area (Å²) in [4.78, 5) is 44.9. The van der Waals surface area contributed by atoms with Gasteiger partial charge in [-0.2, -0.15) is 5.10 Å². The summed E-state index contributed by atoms with van der Waals surface area (Å²) in [6.45, 7) is -0.332. The van der Waals surface area contributed by atoms with Crippen LogP contribution in [0.4, 0.5) is 11.4 Å². The standard InChI is InChI=1S/C23H19N5O8/c1-35-20-8-3-2-7-18(20)23(30)24-14-22(29)26-25-13-15-5-4-6-17(11-15)36-21-10-9-16(27(31)32)12-19(21)28(33)34/h2-13H,14H2,1H3,(H,24,30)(H,26,29). The number of hydrogen-bond acceptors (Lipinski definition) is 9. The molecule has 2 N–H and O–H groups in total. The molecule has 0 aliphatic rings. The van der Waals surface area contributed by atoms with Gasteiger partial charge in [0.25, 0.3) is 17.5 Å². The fraction of sp³-hybridized carbons (Fsp3) is 0.0870. The highest BCUT2D eigenvalue weighted by Crippen LogP contribution is 2.34. The van der Waals surface area contributed by atoms with Gasteiger partial charge in [-0.05, 0) is 35.9 Å². The van der Waals surface area contributed by atoms with E-state index in [1.165, 1.54) is 25.5 Å². The van der Waals surface area contributed by atoms with Crippen LogP contribution >= 0.6 is 0 Å². The Morgan fingerprint density at radius 3 is 2.47 bits per heavy atom. The number of hydrogen-bond donors (Lipinski definition) is 2. The number of carbonyl (C=O) groups excluding carboxylic acids is 2. The maximum absolute atomic E-state index is 12.2. The minimum absolute atomic E-state index is 0.182. The molecule has 13 nitrogen and oxygen atoms in total. The van der Waals surface area contributed by atoms with Gasteiger partial charge in [-0.15, -0.1) is 0 Å². The number of benzene rings is 3. The molecule has 0 saturated carbocycles. The highest BCUT2D eigenvalue weighted by molar-refractivity contribution is 5.98. The van der Waals surface area contributed by atoms with Gasteiger partial charge in [-0.3, -0.25) is 29.8 Å². The lowest BCUT2D eigenvalue weighted by Gasteiger charge is -2.08. The number of carbonyl (C=O) groups is 2. The van der Waals surface area contributed by atoms with Gasteiger partial charge >= 0.3 is 5.69 Å². The molecule has 36 heavy (non-hydrogen) atoms. The molecule has 0 aromatic heterocycles. The first kappa shape index (κ1) is 25.3. The van der Waals surface area contributed by atoms with Crippen LogP contribution in [0.25, 0.3) is 0 Å². The van der Waals surface area contributed by atoms with Crippen LogP contribution in [0.1, 0.15) is 15.9 Å². The summed E-state index contributed by atoms with van der Waals surface area (Å²) >= 11 is 0. The Morgan fingerprint density at radius 2 is 1.75 bits per heavy atom. The molecule has 0 spiro atoms. The minimum atomic E-state index is -0.782. The van der Waals surface area contributed by atoms with Crippen molar-refractivity contribution in [1.29, 1.82) is 0 Å². The SMILES string of the molecule is COc1ccccc1C(=O)NCC(=O)NN=Cc1cccc(Oc2ccc([N+](=O)[O-])cc2[N+](=O)[O-])c1. The zero-order valence-electron chi connectivity index (χ0n) is 18.7. The largest absolute Gasteiger partial charge is 0.496 e. The van der Waals surface area contributed by atoms with Crippen LogP contribution in [0, 0.1) is 20.2 Å². The second-order valence-corrected chi connectivity index (χ2v) is 7.02. The van der Waals surface area contributed by atoms with E-state index in [2.05, 4.69) is 15.8 Å². The molecule has 0 heterocycles. The van der Waals surface area contributed by atoms with Gasteiger partial charge < -0.3 is 14.8 Å². The second-order valence-electron chi connectivity index (χ2n) is 7.02. The number of nitrogens with one attached hydrogen (secondary N) is 2. The minimum Gasteiger partial charge on any atom is -0.496 e. The van der Waals surface area contributed by atoms with E-state index in [0.717, 1.165) is 18.2 Å². The normalized spacial score (nSPS) is 10.5. The quantitative estimate of drug-likeness (QED) is 0.246. The number of nitro benzene ring substituents is 2. The van der Waals surface area contributed by atoms with Gasteiger partial charge in [0.15, 0.2) is 0 Å². The lowest BCUT2D eigenvalue weighted by atomic mass is 10.2. The Hall–Kier alpha value is -5.33. The van der Waals surface area contributed by atoms with Crippen LogP contribution in [0.2, 0.25) is 0 Å². The highest BCUT2D eigenvalue weighted by atomic mass is 16.6. The first-order valence-electron chi connectivity index (χ1n) is 10.2. The first-order chi connectivity index (χ1) is 17.3. The fourth-order valence-electron chi connectivity index (χ4n) is 2.94. The maximum atomic E-state index is 12.2. The molecule has 13 heteroatoms. The van der Waals surface area contributed by atoms with Crippen molar-refractivity contribution >= 4 is 29.4 Å². The Labute approximate surface area is 203 Å². The number of amides is 2. The number of para-hydroxylation sites is 1. The molecule has 3 rings (SSSR count). The Bertz CT molecular complexity index is 1340. The summed E-state index contributed by atoms with van der Waals surface area (Å²) in [7, 11) is 1.43. The fourth-order valence-corrected chi connectivity index (χ4v) is 2.94. The number of ether oxygens (including phenoxy) is 2. The number of methoxy groups -OCH3 is 1. The lowest BCUT2D eigenvalue weighted by Crippen LogP contribution is -2.35. The number of nitrogens with zero attached hydrogens (tertiary/aromatic N) is 3. The summed E-state index contributed by atoms with van der Waals surface area (Å²) < 4.78 is 10.6. The maximum Gasteiger partial charge on any atom is 0.318 e. The molecule has 0 fully saturated rings. The topological polar surface area (TPSA) is 175 Å². The molecule has 0 saturated heterocycles. The molecule has 0 radical (unpaired) electrons. The molecule has 3 aromatic carbocycles. The lowest BCUT2D eigenvalue weighted by molar-refractivity contribution is -0.394.